The topological polar surface area (TPSA) is 35.5 Å². The summed E-state index contributed by atoms with van der Waals surface area (Å²) in [4.78, 5) is 11.7. The quantitative estimate of drug-likeness (QED) is 0.732. The third kappa shape index (κ3) is 2.83. The van der Waals surface area contributed by atoms with Gasteiger partial charge in [-0.1, -0.05) is 30.3 Å². The predicted molar refractivity (Wildman–Crippen MR) is 59.8 cm³/mol. The maximum atomic E-state index is 11.7. The van der Waals surface area contributed by atoms with Gasteiger partial charge in [-0.15, -0.1) is 0 Å². The Morgan fingerprint density at radius 1 is 1.44 bits per heavy atom. The van der Waals surface area contributed by atoms with Crippen molar-refractivity contribution >= 4 is 5.97 Å². The van der Waals surface area contributed by atoms with Crippen LogP contribution in [-0.4, -0.2) is 18.7 Å². The lowest BCUT2D eigenvalue weighted by molar-refractivity contribution is -0.149. The molecule has 1 aromatic carbocycles. The molecule has 2 rings (SSSR count). The van der Waals surface area contributed by atoms with Crippen LogP contribution in [0.2, 0.25) is 0 Å². The predicted octanol–water partition coefficient (Wildman–Crippen LogP) is 2.15. The molecule has 1 fully saturated rings. The van der Waals surface area contributed by atoms with Crippen LogP contribution in [0, 0.1) is 5.92 Å². The lowest BCUT2D eigenvalue weighted by Gasteiger charge is -2.08. The largest absolute Gasteiger partial charge is 0.461 e. The Kier molecular flexibility index (Phi) is 3.57. The highest BCUT2D eigenvalue weighted by molar-refractivity contribution is 5.72. The van der Waals surface area contributed by atoms with E-state index in [0.29, 0.717) is 13.2 Å². The zero-order chi connectivity index (χ0) is 11.4. The van der Waals surface area contributed by atoms with Gasteiger partial charge in [-0.3, -0.25) is 4.79 Å². The van der Waals surface area contributed by atoms with Gasteiger partial charge in [-0.05, 0) is 18.9 Å². The van der Waals surface area contributed by atoms with E-state index in [1.807, 2.05) is 37.3 Å². The number of esters is 1. The summed E-state index contributed by atoms with van der Waals surface area (Å²) in [6, 6.07) is 9.70. The molecule has 3 nitrogen and oxygen atoms in total. The van der Waals surface area contributed by atoms with E-state index in [1.165, 1.54) is 0 Å². The van der Waals surface area contributed by atoms with Crippen molar-refractivity contribution in [1.82, 2.24) is 0 Å². The summed E-state index contributed by atoms with van der Waals surface area (Å²) in [5.41, 5.74) is 1.02. The third-order valence-electron chi connectivity index (χ3n) is 2.76. The third-order valence-corrected chi connectivity index (χ3v) is 2.76. The molecule has 0 radical (unpaired) electrons. The number of hydrogen-bond acceptors (Lipinski definition) is 3. The molecule has 16 heavy (non-hydrogen) atoms. The number of benzene rings is 1. The van der Waals surface area contributed by atoms with E-state index in [9.17, 15) is 4.79 Å². The summed E-state index contributed by atoms with van der Waals surface area (Å²) in [7, 11) is 0. The molecule has 3 heteroatoms. The van der Waals surface area contributed by atoms with Crippen LogP contribution < -0.4 is 0 Å². The second-order valence-electron chi connectivity index (χ2n) is 4.17. The number of rotatable bonds is 3. The number of carbonyl (C=O) groups is 1. The molecule has 1 aliphatic heterocycles. The first-order valence-electron chi connectivity index (χ1n) is 5.58. The average molecular weight is 220 g/mol. The van der Waals surface area contributed by atoms with Crippen LogP contribution in [0.15, 0.2) is 30.3 Å². The number of carbonyl (C=O) groups excluding carboxylic acids is 1. The van der Waals surface area contributed by atoms with Crippen molar-refractivity contribution < 1.29 is 14.3 Å². The smallest absolute Gasteiger partial charge is 0.311 e. The van der Waals surface area contributed by atoms with Crippen molar-refractivity contribution in [1.29, 1.82) is 0 Å². The molecule has 0 spiro atoms. The van der Waals surface area contributed by atoms with Crippen molar-refractivity contribution in [3.8, 4) is 0 Å². The highest BCUT2D eigenvalue weighted by atomic mass is 16.5. The molecule has 0 N–H and O–H groups in total. The van der Waals surface area contributed by atoms with Gasteiger partial charge in [-0.25, -0.2) is 0 Å². The molecule has 0 saturated carbocycles. The Labute approximate surface area is 95.4 Å². The van der Waals surface area contributed by atoms with Gasteiger partial charge in [-0.2, -0.15) is 0 Å². The van der Waals surface area contributed by atoms with E-state index in [4.69, 9.17) is 9.47 Å². The van der Waals surface area contributed by atoms with Gasteiger partial charge in [0.2, 0.25) is 0 Å². The summed E-state index contributed by atoms with van der Waals surface area (Å²) in [5, 5.41) is 0. The van der Waals surface area contributed by atoms with Gasteiger partial charge in [0.15, 0.2) is 0 Å². The van der Waals surface area contributed by atoms with Crippen LogP contribution in [0.5, 0.6) is 0 Å². The Bertz CT molecular complexity index is 347. The molecule has 0 bridgehead atoms. The summed E-state index contributed by atoms with van der Waals surface area (Å²) in [6.45, 7) is 2.82. The van der Waals surface area contributed by atoms with Crippen LogP contribution in [0.3, 0.4) is 0 Å². The fourth-order valence-corrected chi connectivity index (χ4v) is 1.83. The fourth-order valence-electron chi connectivity index (χ4n) is 1.83. The molecule has 0 aromatic heterocycles. The first-order valence-corrected chi connectivity index (χ1v) is 5.58. The molecule has 0 unspecified atom stereocenters. The molecule has 1 heterocycles. The zero-order valence-corrected chi connectivity index (χ0v) is 9.39. The van der Waals surface area contributed by atoms with E-state index < -0.39 is 0 Å². The minimum absolute atomic E-state index is 0.0845. The Morgan fingerprint density at radius 3 is 2.81 bits per heavy atom. The Morgan fingerprint density at radius 2 is 2.19 bits per heavy atom. The first kappa shape index (κ1) is 11.1. The lowest BCUT2D eigenvalue weighted by atomic mass is 10.1. The lowest BCUT2D eigenvalue weighted by Crippen LogP contribution is -2.17. The molecular formula is C13H16O3. The van der Waals surface area contributed by atoms with Crippen LogP contribution in [-0.2, 0) is 20.9 Å². The minimum atomic E-state index is -0.145. The monoisotopic (exact) mass is 220 g/mol. The highest BCUT2D eigenvalue weighted by Crippen LogP contribution is 2.20. The molecule has 0 amide bonds. The normalized spacial score (nSPS) is 24.3. The van der Waals surface area contributed by atoms with Crippen LogP contribution in [0.1, 0.15) is 18.9 Å². The van der Waals surface area contributed by atoms with E-state index in [2.05, 4.69) is 0 Å². The zero-order valence-electron chi connectivity index (χ0n) is 9.39. The van der Waals surface area contributed by atoms with E-state index in [0.717, 1.165) is 12.0 Å². The van der Waals surface area contributed by atoms with Crippen molar-refractivity contribution in [2.45, 2.75) is 26.1 Å². The van der Waals surface area contributed by atoms with Crippen molar-refractivity contribution in [2.24, 2.45) is 5.92 Å². The van der Waals surface area contributed by atoms with E-state index in [-0.39, 0.29) is 18.0 Å². The summed E-state index contributed by atoms with van der Waals surface area (Å²) in [5.74, 6) is -0.230. The summed E-state index contributed by atoms with van der Waals surface area (Å²) in [6.07, 6.45) is 0.947. The minimum Gasteiger partial charge on any atom is -0.461 e. The molecular weight excluding hydrogens is 204 g/mol. The van der Waals surface area contributed by atoms with Gasteiger partial charge in [0.05, 0.1) is 18.6 Å². The fraction of sp³-hybridized carbons (Fsp3) is 0.462. The number of ether oxygens (including phenoxy) is 2. The van der Waals surface area contributed by atoms with Gasteiger partial charge in [0.25, 0.3) is 0 Å². The van der Waals surface area contributed by atoms with Gasteiger partial charge >= 0.3 is 5.97 Å². The van der Waals surface area contributed by atoms with E-state index in [1.54, 1.807) is 0 Å². The van der Waals surface area contributed by atoms with Gasteiger partial charge < -0.3 is 9.47 Å². The van der Waals surface area contributed by atoms with Crippen LogP contribution >= 0.6 is 0 Å². The first-order chi connectivity index (χ1) is 7.75. The van der Waals surface area contributed by atoms with E-state index >= 15 is 0 Å². The Hall–Kier alpha value is -1.35. The number of hydrogen-bond donors (Lipinski definition) is 0. The molecule has 1 saturated heterocycles. The van der Waals surface area contributed by atoms with Crippen LogP contribution in [0.4, 0.5) is 0 Å². The van der Waals surface area contributed by atoms with Crippen molar-refractivity contribution in [3.05, 3.63) is 35.9 Å². The second-order valence-corrected chi connectivity index (χ2v) is 4.17. The molecule has 86 valence electrons. The highest BCUT2D eigenvalue weighted by Gasteiger charge is 2.29. The maximum Gasteiger partial charge on any atom is 0.311 e. The van der Waals surface area contributed by atoms with Crippen molar-refractivity contribution in [3.63, 3.8) is 0 Å². The van der Waals surface area contributed by atoms with Crippen molar-refractivity contribution in [2.75, 3.05) is 6.61 Å². The average Bonchev–Trinajstić information content (AvgIpc) is 2.74. The summed E-state index contributed by atoms with van der Waals surface area (Å²) < 4.78 is 10.6. The summed E-state index contributed by atoms with van der Waals surface area (Å²) >= 11 is 0. The molecule has 1 aliphatic rings. The standard InChI is InChI=1S/C13H16O3/c1-10-7-12(9-15-10)13(14)16-8-11-5-3-2-4-6-11/h2-6,10,12H,7-9H2,1H3/t10-,12-/m1/s1. The molecule has 2 atom stereocenters. The van der Waals surface area contributed by atoms with Gasteiger partial charge in [0.1, 0.15) is 6.61 Å². The SMILES string of the molecule is C[C@@H]1C[C@@H](C(=O)OCc2ccccc2)CO1. The van der Waals surface area contributed by atoms with Crippen LogP contribution in [0.25, 0.3) is 0 Å². The second kappa shape index (κ2) is 5.12. The maximum absolute atomic E-state index is 11.7. The van der Waals surface area contributed by atoms with Gasteiger partial charge in [0, 0.05) is 0 Å². The Balaban J connectivity index is 1.80. The molecule has 1 aromatic rings. The molecule has 0 aliphatic carbocycles.